The molecule has 0 saturated carbocycles. The van der Waals surface area contributed by atoms with E-state index < -0.39 is 23.4 Å². The van der Waals surface area contributed by atoms with E-state index >= 15 is 0 Å². The van der Waals surface area contributed by atoms with Crippen molar-refractivity contribution in [3.63, 3.8) is 0 Å². The second-order valence-corrected chi connectivity index (χ2v) is 6.01. The zero-order chi connectivity index (χ0) is 18.6. The molecule has 0 aliphatic rings. The van der Waals surface area contributed by atoms with E-state index in [9.17, 15) is 19.7 Å². The maximum Gasteiger partial charge on any atom is 0.338 e. The van der Waals surface area contributed by atoms with Crippen LogP contribution in [0.1, 0.15) is 10.4 Å². The van der Waals surface area contributed by atoms with Crippen molar-refractivity contribution in [1.82, 2.24) is 0 Å². The molecule has 0 aliphatic heterocycles. The highest BCUT2D eigenvalue weighted by molar-refractivity contribution is 6.35. The molecule has 0 fully saturated rings. The van der Waals surface area contributed by atoms with E-state index in [2.05, 4.69) is 5.32 Å². The van der Waals surface area contributed by atoms with Crippen LogP contribution in [-0.4, -0.2) is 23.4 Å². The van der Waals surface area contributed by atoms with Gasteiger partial charge in [-0.1, -0.05) is 34.8 Å². The number of benzene rings is 2. The van der Waals surface area contributed by atoms with Gasteiger partial charge in [0.05, 0.1) is 10.5 Å². The van der Waals surface area contributed by atoms with Crippen LogP contribution in [0, 0.1) is 10.1 Å². The molecule has 2 aromatic rings. The number of rotatable bonds is 5. The summed E-state index contributed by atoms with van der Waals surface area (Å²) in [5, 5.41) is 13.9. The SMILES string of the molecule is O=C(COC(=O)c1cc(Cl)cc(Cl)c1)Nc1cc(Cl)ccc1[N+](=O)[O-]. The molecule has 1 amide bonds. The molecule has 0 spiro atoms. The van der Waals surface area contributed by atoms with Crippen molar-refractivity contribution in [3.05, 3.63) is 67.1 Å². The molecule has 25 heavy (non-hydrogen) atoms. The molecule has 0 aromatic heterocycles. The van der Waals surface area contributed by atoms with Gasteiger partial charge < -0.3 is 10.1 Å². The average molecular weight is 404 g/mol. The Morgan fingerprint density at radius 1 is 1.04 bits per heavy atom. The largest absolute Gasteiger partial charge is 0.452 e. The molecular weight excluding hydrogens is 395 g/mol. The molecule has 0 bridgehead atoms. The van der Waals surface area contributed by atoms with Crippen molar-refractivity contribution < 1.29 is 19.2 Å². The van der Waals surface area contributed by atoms with Gasteiger partial charge in [-0.15, -0.1) is 0 Å². The summed E-state index contributed by atoms with van der Waals surface area (Å²) < 4.78 is 4.83. The minimum atomic E-state index is -0.819. The molecule has 0 aliphatic carbocycles. The third-order valence-electron chi connectivity index (χ3n) is 2.86. The molecule has 7 nitrogen and oxygen atoms in total. The summed E-state index contributed by atoms with van der Waals surface area (Å²) in [7, 11) is 0. The molecule has 0 saturated heterocycles. The van der Waals surface area contributed by atoms with E-state index in [1.54, 1.807) is 0 Å². The molecule has 0 heterocycles. The predicted octanol–water partition coefficient (Wildman–Crippen LogP) is 4.35. The van der Waals surface area contributed by atoms with Gasteiger partial charge in [-0.25, -0.2) is 4.79 Å². The number of hydrogen-bond donors (Lipinski definition) is 1. The van der Waals surface area contributed by atoms with Crippen LogP contribution in [-0.2, 0) is 9.53 Å². The standard InChI is InChI=1S/C15H9Cl3N2O5/c16-9-1-2-13(20(23)24)12(6-9)19-14(21)7-25-15(22)8-3-10(17)5-11(18)4-8/h1-6H,7H2,(H,19,21). The highest BCUT2D eigenvalue weighted by Gasteiger charge is 2.18. The van der Waals surface area contributed by atoms with Gasteiger partial charge >= 0.3 is 5.97 Å². The smallest absolute Gasteiger partial charge is 0.338 e. The summed E-state index contributed by atoms with van der Waals surface area (Å²) in [4.78, 5) is 34.0. The highest BCUT2D eigenvalue weighted by atomic mass is 35.5. The van der Waals surface area contributed by atoms with E-state index in [1.165, 1.54) is 30.3 Å². The lowest BCUT2D eigenvalue weighted by Gasteiger charge is -2.08. The van der Waals surface area contributed by atoms with Crippen LogP contribution in [0.4, 0.5) is 11.4 Å². The Hall–Kier alpha value is -2.35. The minimum Gasteiger partial charge on any atom is -0.452 e. The lowest BCUT2D eigenvalue weighted by Crippen LogP contribution is -2.21. The van der Waals surface area contributed by atoms with Crippen molar-refractivity contribution in [1.29, 1.82) is 0 Å². The maximum atomic E-state index is 11.9. The van der Waals surface area contributed by atoms with Crippen molar-refractivity contribution >= 4 is 58.1 Å². The summed E-state index contributed by atoms with van der Waals surface area (Å²) in [5.41, 5.74) is -0.380. The van der Waals surface area contributed by atoms with Gasteiger partial charge in [0, 0.05) is 21.1 Å². The summed E-state index contributed by atoms with van der Waals surface area (Å²) in [6.45, 7) is -0.660. The van der Waals surface area contributed by atoms with Crippen LogP contribution < -0.4 is 5.32 Å². The number of nitro groups is 1. The number of amides is 1. The van der Waals surface area contributed by atoms with Crippen LogP contribution in [0.25, 0.3) is 0 Å². The number of hydrogen-bond acceptors (Lipinski definition) is 5. The van der Waals surface area contributed by atoms with Gasteiger partial charge in [-0.3, -0.25) is 14.9 Å². The zero-order valence-electron chi connectivity index (χ0n) is 12.3. The molecule has 0 unspecified atom stereocenters. The number of halogens is 3. The first kappa shape index (κ1) is 19.0. The van der Waals surface area contributed by atoms with Gasteiger partial charge in [-0.2, -0.15) is 0 Å². The first-order chi connectivity index (χ1) is 11.8. The monoisotopic (exact) mass is 402 g/mol. The molecule has 2 rings (SSSR count). The summed E-state index contributed by atoms with van der Waals surface area (Å²) in [5.74, 6) is -1.59. The van der Waals surface area contributed by atoms with Crippen molar-refractivity contribution in [2.75, 3.05) is 11.9 Å². The summed E-state index contributed by atoms with van der Waals surface area (Å²) in [6.07, 6.45) is 0. The Balaban J connectivity index is 2.02. The molecule has 2 aromatic carbocycles. The van der Waals surface area contributed by atoms with E-state index in [1.807, 2.05) is 0 Å². The number of esters is 1. The number of nitrogens with one attached hydrogen (secondary N) is 1. The van der Waals surface area contributed by atoms with Gasteiger partial charge in [0.15, 0.2) is 6.61 Å². The quantitative estimate of drug-likeness (QED) is 0.454. The second-order valence-electron chi connectivity index (χ2n) is 4.70. The Morgan fingerprint density at radius 3 is 2.28 bits per heavy atom. The number of nitro benzene ring substituents is 1. The second kappa shape index (κ2) is 8.15. The van der Waals surface area contributed by atoms with Crippen LogP contribution in [0.3, 0.4) is 0 Å². The molecule has 0 radical (unpaired) electrons. The van der Waals surface area contributed by atoms with Crippen LogP contribution >= 0.6 is 34.8 Å². The van der Waals surface area contributed by atoms with Crippen molar-refractivity contribution in [3.8, 4) is 0 Å². The number of nitrogens with zero attached hydrogens (tertiary/aromatic N) is 1. The van der Waals surface area contributed by atoms with E-state index in [0.29, 0.717) is 0 Å². The first-order valence-electron chi connectivity index (χ1n) is 6.63. The molecule has 1 N–H and O–H groups in total. The van der Waals surface area contributed by atoms with Gasteiger partial charge in [0.2, 0.25) is 0 Å². The predicted molar refractivity (Wildman–Crippen MR) is 93.5 cm³/mol. The van der Waals surface area contributed by atoms with Crippen molar-refractivity contribution in [2.24, 2.45) is 0 Å². The summed E-state index contributed by atoms with van der Waals surface area (Å²) in [6, 6.07) is 7.78. The minimum absolute atomic E-state index is 0.0686. The van der Waals surface area contributed by atoms with Gasteiger partial charge in [0.25, 0.3) is 11.6 Å². The highest BCUT2D eigenvalue weighted by Crippen LogP contribution is 2.27. The fourth-order valence-corrected chi connectivity index (χ4v) is 2.54. The van der Waals surface area contributed by atoms with E-state index in [0.717, 1.165) is 6.07 Å². The third kappa shape index (κ3) is 5.32. The molecule has 0 atom stereocenters. The fraction of sp³-hybridized carbons (Fsp3) is 0.0667. The lowest BCUT2D eigenvalue weighted by molar-refractivity contribution is -0.383. The number of carbonyl (C=O) groups excluding carboxylic acids is 2. The number of carbonyl (C=O) groups is 2. The number of anilines is 1. The Kier molecular flexibility index (Phi) is 6.19. The number of ether oxygens (including phenoxy) is 1. The molecule has 10 heteroatoms. The average Bonchev–Trinajstić information content (AvgIpc) is 2.51. The zero-order valence-corrected chi connectivity index (χ0v) is 14.6. The van der Waals surface area contributed by atoms with E-state index in [4.69, 9.17) is 39.5 Å². The van der Waals surface area contributed by atoms with Gasteiger partial charge in [-0.05, 0) is 30.3 Å². The Bertz CT molecular complexity index is 837. The van der Waals surface area contributed by atoms with Gasteiger partial charge in [0.1, 0.15) is 5.69 Å². The Labute approximate surface area is 156 Å². The van der Waals surface area contributed by atoms with E-state index in [-0.39, 0.29) is 32.0 Å². The molecule has 130 valence electrons. The maximum absolute atomic E-state index is 11.9. The summed E-state index contributed by atoms with van der Waals surface area (Å²) >= 11 is 17.3. The van der Waals surface area contributed by atoms with Crippen LogP contribution in [0.5, 0.6) is 0 Å². The third-order valence-corrected chi connectivity index (χ3v) is 3.53. The van der Waals surface area contributed by atoms with Crippen LogP contribution in [0.15, 0.2) is 36.4 Å². The molecular formula is C15H9Cl3N2O5. The normalized spacial score (nSPS) is 10.2. The van der Waals surface area contributed by atoms with Crippen LogP contribution in [0.2, 0.25) is 15.1 Å². The first-order valence-corrected chi connectivity index (χ1v) is 7.76. The lowest BCUT2D eigenvalue weighted by atomic mass is 10.2. The fourth-order valence-electron chi connectivity index (χ4n) is 1.84. The topological polar surface area (TPSA) is 98.5 Å². The van der Waals surface area contributed by atoms with Crippen molar-refractivity contribution in [2.45, 2.75) is 0 Å². The Morgan fingerprint density at radius 2 is 1.68 bits per heavy atom.